The number of carbonyl (C=O) groups excluding carboxylic acids is 1. The van der Waals surface area contributed by atoms with E-state index in [1.165, 1.54) is 0 Å². The summed E-state index contributed by atoms with van der Waals surface area (Å²) in [4.78, 5) is 20.1. The Balaban J connectivity index is 2.07. The van der Waals surface area contributed by atoms with Crippen molar-refractivity contribution in [2.24, 2.45) is 0 Å². The highest BCUT2D eigenvalue weighted by Gasteiger charge is 2.34. The number of nitrogens with one attached hydrogen (secondary N) is 1. The topological polar surface area (TPSA) is 54.9 Å². The van der Waals surface area contributed by atoms with Gasteiger partial charge in [-0.1, -0.05) is 11.8 Å². The maximum absolute atomic E-state index is 13.0. The number of carbonyl (C=O) groups is 1. The maximum Gasteiger partial charge on any atom is 0.418 e. The third kappa shape index (κ3) is 4.92. The molecule has 2 rings (SSSR count). The van der Waals surface area contributed by atoms with E-state index in [0.29, 0.717) is 11.2 Å². The summed E-state index contributed by atoms with van der Waals surface area (Å²) in [5, 5.41) is 2.50. The minimum absolute atomic E-state index is 0.169. The first-order valence-corrected chi connectivity index (χ1v) is 7.75. The van der Waals surface area contributed by atoms with Crippen LogP contribution in [0.5, 0.6) is 0 Å². The van der Waals surface area contributed by atoms with Crippen molar-refractivity contribution in [3.05, 3.63) is 47.0 Å². The summed E-state index contributed by atoms with van der Waals surface area (Å²) in [5.74, 6) is -1.87. The van der Waals surface area contributed by atoms with E-state index < -0.39 is 29.2 Å². The van der Waals surface area contributed by atoms with Gasteiger partial charge in [0.2, 0.25) is 5.91 Å². The molecule has 0 aliphatic carbocycles. The largest absolute Gasteiger partial charge is 0.418 e. The second-order valence-electron chi connectivity index (χ2n) is 4.96. The van der Waals surface area contributed by atoms with Gasteiger partial charge in [0, 0.05) is 11.4 Å². The van der Waals surface area contributed by atoms with E-state index in [2.05, 4.69) is 15.3 Å². The number of nitrogens with zero attached hydrogens (tertiary/aromatic N) is 2. The van der Waals surface area contributed by atoms with Crippen molar-refractivity contribution in [2.75, 3.05) is 11.1 Å². The third-order valence-corrected chi connectivity index (χ3v) is 3.70. The van der Waals surface area contributed by atoms with E-state index in [1.807, 2.05) is 0 Å². The van der Waals surface area contributed by atoms with Crippen molar-refractivity contribution in [1.29, 1.82) is 0 Å². The zero-order valence-corrected chi connectivity index (χ0v) is 13.6. The summed E-state index contributed by atoms with van der Waals surface area (Å²) < 4.78 is 51.7. The number of aromatic nitrogens is 2. The van der Waals surface area contributed by atoms with Crippen LogP contribution >= 0.6 is 11.8 Å². The number of halogens is 4. The number of thioether (sulfide) groups is 1. The van der Waals surface area contributed by atoms with Crippen LogP contribution < -0.4 is 5.32 Å². The predicted octanol–water partition coefficient (Wildman–Crippen LogP) is 3.98. The average Bonchev–Trinajstić information content (AvgIpc) is 2.45. The molecule has 0 saturated heterocycles. The Hall–Kier alpha value is -2.16. The van der Waals surface area contributed by atoms with Crippen molar-refractivity contribution in [3.8, 4) is 0 Å². The number of alkyl halides is 3. The lowest BCUT2D eigenvalue weighted by Gasteiger charge is -2.13. The molecular weight excluding hydrogens is 346 g/mol. The van der Waals surface area contributed by atoms with Gasteiger partial charge in [0.1, 0.15) is 5.82 Å². The van der Waals surface area contributed by atoms with Gasteiger partial charge >= 0.3 is 6.18 Å². The van der Waals surface area contributed by atoms with Crippen LogP contribution in [-0.4, -0.2) is 21.6 Å². The van der Waals surface area contributed by atoms with Crippen molar-refractivity contribution in [2.45, 2.75) is 25.2 Å². The van der Waals surface area contributed by atoms with Crippen molar-refractivity contribution >= 4 is 23.4 Å². The van der Waals surface area contributed by atoms with Gasteiger partial charge in [-0.25, -0.2) is 14.4 Å². The molecule has 1 amide bonds. The Morgan fingerprint density at radius 3 is 2.38 bits per heavy atom. The van der Waals surface area contributed by atoms with E-state index >= 15 is 0 Å². The van der Waals surface area contributed by atoms with Crippen molar-refractivity contribution in [1.82, 2.24) is 9.97 Å². The molecule has 0 aliphatic rings. The summed E-state index contributed by atoms with van der Waals surface area (Å²) in [6.07, 6.45) is -4.77. The highest BCUT2D eigenvalue weighted by atomic mass is 32.2. The fraction of sp³-hybridized carbons (Fsp3) is 0.267. The lowest BCUT2D eigenvalue weighted by Crippen LogP contribution is -2.18. The molecule has 24 heavy (non-hydrogen) atoms. The van der Waals surface area contributed by atoms with Gasteiger partial charge in [0.25, 0.3) is 0 Å². The number of hydrogen-bond acceptors (Lipinski definition) is 4. The van der Waals surface area contributed by atoms with E-state index in [1.54, 1.807) is 19.9 Å². The second-order valence-corrected chi connectivity index (χ2v) is 5.90. The fourth-order valence-electron chi connectivity index (χ4n) is 1.93. The van der Waals surface area contributed by atoms with Gasteiger partial charge in [0.15, 0.2) is 5.16 Å². The normalized spacial score (nSPS) is 11.4. The van der Waals surface area contributed by atoms with Crippen LogP contribution in [0.4, 0.5) is 23.2 Å². The summed E-state index contributed by atoms with van der Waals surface area (Å²) in [6.45, 7) is 3.54. The van der Waals surface area contributed by atoms with E-state index in [0.717, 1.165) is 35.3 Å². The van der Waals surface area contributed by atoms with Crippen LogP contribution in [-0.2, 0) is 11.0 Å². The zero-order valence-electron chi connectivity index (χ0n) is 12.7. The first-order valence-electron chi connectivity index (χ1n) is 6.77. The minimum atomic E-state index is -4.77. The predicted molar refractivity (Wildman–Crippen MR) is 82.3 cm³/mol. The van der Waals surface area contributed by atoms with E-state index in [9.17, 15) is 22.4 Å². The Kier molecular flexibility index (Phi) is 5.43. The van der Waals surface area contributed by atoms with Gasteiger partial charge in [-0.05, 0) is 38.1 Å². The van der Waals surface area contributed by atoms with Crippen LogP contribution in [0.2, 0.25) is 0 Å². The number of anilines is 1. The molecule has 0 unspecified atom stereocenters. The molecule has 0 spiro atoms. The highest BCUT2D eigenvalue weighted by Crippen LogP contribution is 2.35. The number of rotatable bonds is 4. The molecule has 9 heteroatoms. The molecule has 128 valence electrons. The first kappa shape index (κ1) is 18.2. The number of amides is 1. The van der Waals surface area contributed by atoms with Gasteiger partial charge < -0.3 is 5.32 Å². The molecule has 2 aromatic rings. The molecule has 0 fully saturated rings. The van der Waals surface area contributed by atoms with Gasteiger partial charge in [-0.15, -0.1) is 0 Å². The highest BCUT2D eigenvalue weighted by molar-refractivity contribution is 7.99. The smallest absolute Gasteiger partial charge is 0.325 e. The zero-order chi connectivity index (χ0) is 17.9. The number of aryl methyl sites for hydroxylation is 2. The SMILES string of the molecule is Cc1cc(C)nc(SCC(=O)Nc2ccc(F)cc2C(F)(F)F)n1. The molecular formula is C15H13F4N3OS. The Morgan fingerprint density at radius 1 is 1.17 bits per heavy atom. The molecule has 0 aliphatic heterocycles. The molecule has 1 heterocycles. The van der Waals surface area contributed by atoms with Crippen LogP contribution in [0.3, 0.4) is 0 Å². The summed E-state index contributed by atoms with van der Waals surface area (Å²) in [7, 11) is 0. The third-order valence-electron chi connectivity index (χ3n) is 2.86. The molecule has 0 saturated carbocycles. The van der Waals surface area contributed by atoms with Crippen LogP contribution in [0.15, 0.2) is 29.4 Å². The summed E-state index contributed by atoms with van der Waals surface area (Å²) >= 11 is 1.00. The van der Waals surface area contributed by atoms with Crippen molar-refractivity contribution in [3.63, 3.8) is 0 Å². The van der Waals surface area contributed by atoms with Crippen molar-refractivity contribution < 1.29 is 22.4 Å². The van der Waals surface area contributed by atoms with Crippen LogP contribution in [0.25, 0.3) is 0 Å². The molecule has 0 bridgehead atoms. The van der Waals surface area contributed by atoms with E-state index in [-0.39, 0.29) is 5.75 Å². The summed E-state index contributed by atoms with van der Waals surface area (Å²) in [5.41, 5.74) is -0.272. The Morgan fingerprint density at radius 2 is 1.79 bits per heavy atom. The van der Waals surface area contributed by atoms with Gasteiger partial charge in [-0.3, -0.25) is 4.79 Å². The maximum atomic E-state index is 13.0. The number of benzene rings is 1. The molecule has 1 aromatic carbocycles. The van der Waals surface area contributed by atoms with Gasteiger partial charge in [0.05, 0.1) is 17.0 Å². The Bertz CT molecular complexity index is 745. The summed E-state index contributed by atoms with van der Waals surface area (Å²) in [6, 6.07) is 3.84. The fourth-order valence-corrected chi connectivity index (χ4v) is 2.68. The van der Waals surface area contributed by atoms with Gasteiger partial charge in [-0.2, -0.15) is 13.2 Å². The van der Waals surface area contributed by atoms with Crippen LogP contribution in [0, 0.1) is 19.7 Å². The molecule has 0 radical (unpaired) electrons. The average molecular weight is 359 g/mol. The van der Waals surface area contributed by atoms with Crippen LogP contribution in [0.1, 0.15) is 17.0 Å². The minimum Gasteiger partial charge on any atom is -0.325 e. The lowest BCUT2D eigenvalue weighted by molar-refractivity contribution is -0.137. The molecule has 4 nitrogen and oxygen atoms in total. The lowest BCUT2D eigenvalue weighted by atomic mass is 10.1. The number of hydrogen-bond donors (Lipinski definition) is 1. The monoisotopic (exact) mass is 359 g/mol. The molecule has 0 atom stereocenters. The first-order chi connectivity index (χ1) is 11.1. The molecule has 1 aromatic heterocycles. The second kappa shape index (κ2) is 7.16. The quantitative estimate of drug-likeness (QED) is 0.510. The molecule has 1 N–H and O–H groups in total. The standard InChI is InChI=1S/C15H13F4N3OS/c1-8-5-9(2)21-14(20-8)24-7-13(23)22-12-4-3-10(16)6-11(12)15(17,18)19/h3-6H,7H2,1-2H3,(H,22,23). The Labute approximate surface area is 139 Å². The van der Waals surface area contributed by atoms with E-state index in [4.69, 9.17) is 0 Å².